The first kappa shape index (κ1) is 22.1. The summed E-state index contributed by atoms with van der Waals surface area (Å²) in [6.07, 6.45) is 12.4. The average Bonchev–Trinajstić information content (AvgIpc) is 3.51. The van der Waals surface area contributed by atoms with Gasteiger partial charge in [-0.3, -0.25) is 20.0 Å². The molecule has 0 saturated carbocycles. The van der Waals surface area contributed by atoms with Crippen LogP contribution in [0.5, 0.6) is 0 Å². The highest BCUT2D eigenvalue weighted by Gasteiger charge is 2.09. The zero-order chi connectivity index (χ0) is 22.7. The Labute approximate surface area is 192 Å². The number of nitrogens with zero attached hydrogens (tertiary/aromatic N) is 10. The van der Waals surface area contributed by atoms with E-state index in [9.17, 15) is 0 Å². The van der Waals surface area contributed by atoms with Crippen LogP contribution in [-0.2, 0) is 19.4 Å². The second kappa shape index (κ2) is 11.5. The third-order valence-corrected chi connectivity index (χ3v) is 4.88. The van der Waals surface area contributed by atoms with E-state index >= 15 is 0 Å². The zero-order valence-corrected chi connectivity index (χ0v) is 18.5. The van der Waals surface area contributed by atoms with Crippen LogP contribution in [0.25, 0.3) is 0 Å². The highest BCUT2D eigenvalue weighted by molar-refractivity contribution is 5.76. The summed E-state index contributed by atoms with van der Waals surface area (Å²) < 4.78 is 3.59. The first-order valence-electron chi connectivity index (χ1n) is 10.9. The van der Waals surface area contributed by atoms with Crippen LogP contribution in [-0.4, -0.2) is 65.5 Å². The Morgan fingerprint density at radius 1 is 0.818 bits per heavy atom. The minimum atomic E-state index is 0.0591. The van der Waals surface area contributed by atoms with Gasteiger partial charge in [0.15, 0.2) is 0 Å². The smallest absolute Gasteiger partial charge is 0.123 e. The minimum absolute atomic E-state index is 0.0591. The molecule has 0 aliphatic carbocycles. The van der Waals surface area contributed by atoms with Gasteiger partial charge in [0.25, 0.3) is 0 Å². The van der Waals surface area contributed by atoms with Gasteiger partial charge < -0.3 is 0 Å². The highest BCUT2D eigenvalue weighted by atomic mass is 15.5. The molecule has 4 rings (SSSR count). The fourth-order valence-corrected chi connectivity index (χ4v) is 3.15. The van der Waals surface area contributed by atoms with Crippen molar-refractivity contribution in [1.82, 2.24) is 40.0 Å². The molecule has 33 heavy (non-hydrogen) atoms. The Morgan fingerprint density at radius 3 is 2.03 bits per heavy atom. The van der Waals surface area contributed by atoms with Gasteiger partial charge in [0, 0.05) is 49.7 Å². The molecule has 1 unspecified atom stereocenters. The first-order valence-corrected chi connectivity index (χ1v) is 10.9. The van der Waals surface area contributed by atoms with E-state index in [1.165, 1.54) is 0 Å². The maximum Gasteiger partial charge on any atom is 0.123 e. The molecule has 0 spiro atoms. The van der Waals surface area contributed by atoms with Crippen molar-refractivity contribution in [2.24, 2.45) is 9.98 Å². The topological polar surface area (TPSA) is 112 Å². The van der Waals surface area contributed by atoms with E-state index in [-0.39, 0.29) is 6.04 Å². The van der Waals surface area contributed by atoms with Crippen molar-refractivity contribution in [2.45, 2.75) is 32.4 Å². The van der Waals surface area contributed by atoms with Crippen LogP contribution >= 0.6 is 0 Å². The quantitative estimate of drug-likeness (QED) is 0.329. The molecule has 4 aromatic heterocycles. The molecule has 4 aromatic rings. The van der Waals surface area contributed by atoms with Gasteiger partial charge in [0.2, 0.25) is 0 Å². The molecule has 0 saturated heterocycles. The molecule has 0 aliphatic heterocycles. The second-order valence-corrected chi connectivity index (χ2v) is 7.55. The third-order valence-electron chi connectivity index (χ3n) is 4.88. The fourth-order valence-electron chi connectivity index (χ4n) is 3.15. The number of aliphatic imine (C=N–C) groups is 2. The number of rotatable bonds is 11. The predicted molar refractivity (Wildman–Crippen MR) is 126 cm³/mol. The molecule has 0 bridgehead atoms. The van der Waals surface area contributed by atoms with Crippen LogP contribution in [0.15, 0.2) is 71.2 Å². The molecule has 4 heterocycles. The lowest BCUT2D eigenvalue weighted by Crippen LogP contribution is -2.14. The van der Waals surface area contributed by atoms with E-state index in [1.807, 2.05) is 53.5 Å². The number of pyridine rings is 2. The lowest BCUT2D eigenvalue weighted by atomic mass is 10.3. The minimum Gasteiger partial charge on any atom is -0.290 e. The number of hydrogen-bond donors (Lipinski definition) is 0. The molecule has 0 aliphatic rings. The standard InChI is InChI=1S/C23H26N10/c1-19(33-18-23(29-31-33)15-25-13-9-21-7-3-5-11-27-21)16-32-17-22(28-30-32)14-24-12-8-20-6-2-4-10-26-20/h2-7,10-11,14-15,17-19H,8-9,12-13,16H2,1H3. The highest BCUT2D eigenvalue weighted by Crippen LogP contribution is 2.07. The summed E-state index contributed by atoms with van der Waals surface area (Å²) in [4.78, 5) is 17.4. The SMILES string of the molecule is CC(Cn1cc(C=NCCc2ccccn2)nn1)n1cc(C=NCCc2ccccn2)nn1. The van der Waals surface area contributed by atoms with Crippen LogP contribution in [0.3, 0.4) is 0 Å². The Kier molecular flexibility index (Phi) is 7.72. The predicted octanol–water partition coefficient (Wildman–Crippen LogP) is 2.24. The van der Waals surface area contributed by atoms with Gasteiger partial charge in [-0.15, -0.1) is 10.2 Å². The monoisotopic (exact) mass is 442 g/mol. The van der Waals surface area contributed by atoms with Gasteiger partial charge >= 0.3 is 0 Å². The number of aromatic nitrogens is 8. The van der Waals surface area contributed by atoms with Crippen molar-refractivity contribution in [1.29, 1.82) is 0 Å². The molecule has 1 atom stereocenters. The summed E-state index contributed by atoms with van der Waals surface area (Å²) in [7, 11) is 0. The van der Waals surface area contributed by atoms with Gasteiger partial charge in [0.1, 0.15) is 11.4 Å². The number of hydrogen-bond acceptors (Lipinski definition) is 8. The van der Waals surface area contributed by atoms with E-state index in [1.54, 1.807) is 29.5 Å². The molecule has 0 fully saturated rings. The second-order valence-electron chi connectivity index (χ2n) is 7.55. The van der Waals surface area contributed by atoms with Crippen molar-refractivity contribution < 1.29 is 0 Å². The summed E-state index contributed by atoms with van der Waals surface area (Å²) in [6, 6.07) is 11.8. The summed E-state index contributed by atoms with van der Waals surface area (Å²) in [6.45, 7) is 3.99. The van der Waals surface area contributed by atoms with Gasteiger partial charge in [-0.25, -0.2) is 9.36 Å². The van der Waals surface area contributed by atoms with Gasteiger partial charge in [0.05, 0.1) is 37.4 Å². The molecule has 0 N–H and O–H groups in total. The Hall–Kier alpha value is -4.08. The van der Waals surface area contributed by atoms with Crippen LogP contribution in [0, 0.1) is 0 Å². The van der Waals surface area contributed by atoms with Crippen molar-refractivity contribution >= 4 is 12.4 Å². The molecule has 168 valence electrons. The van der Waals surface area contributed by atoms with Crippen molar-refractivity contribution in [3.05, 3.63) is 84.0 Å². The van der Waals surface area contributed by atoms with Gasteiger partial charge in [-0.1, -0.05) is 22.6 Å². The molecular formula is C23H26N10. The fraction of sp³-hybridized carbons (Fsp3) is 0.304. The van der Waals surface area contributed by atoms with Crippen molar-refractivity contribution in [3.63, 3.8) is 0 Å². The average molecular weight is 443 g/mol. The summed E-state index contributed by atoms with van der Waals surface area (Å²) in [5.41, 5.74) is 3.50. The Balaban J connectivity index is 1.23. The largest absolute Gasteiger partial charge is 0.290 e. The Morgan fingerprint density at radius 2 is 1.42 bits per heavy atom. The van der Waals surface area contributed by atoms with E-state index < -0.39 is 0 Å². The molecular weight excluding hydrogens is 416 g/mol. The van der Waals surface area contributed by atoms with E-state index in [0.717, 1.165) is 35.6 Å². The third kappa shape index (κ3) is 6.96. The molecule has 0 radical (unpaired) electrons. The summed E-state index contributed by atoms with van der Waals surface area (Å²) in [5, 5.41) is 16.7. The van der Waals surface area contributed by atoms with E-state index in [0.29, 0.717) is 19.6 Å². The van der Waals surface area contributed by atoms with Gasteiger partial charge in [-0.05, 0) is 31.2 Å². The van der Waals surface area contributed by atoms with Crippen LogP contribution in [0.2, 0.25) is 0 Å². The van der Waals surface area contributed by atoms with Crippen LogP contribution in [0.1, 0.15) is 35.7 Å². The molecule has 0 aromatic carbocycles. The first-order chi connectivity index (χ1) is 16.3. The lowest BCUT2D eigenvalue weighted by Gasteiger charge is -2.10. The zero-order valence-electron chi connectivity index (χ0n) is 18.5. The van der Waals surface area contributed by atoms with E-state index in [4.69, 9.17) is 0 Å². The maximum absolute atomic E-state index is 4.42. The van der Waals surface area contributed by atoms with Crippen LogP contribution in [0.4, 0.5) is 0 Å². The van der Waals surface area contributed by atoms with Crippen LogP contribution < -0.4 is 0 Å². The summed E-state index contributed by atoms with van der Waals surface area (Å²) in [5.74, 6) is 0. The molecule has 10 nitrogen and oxygen atoms in total. The molecule has 0 amide bonds. The van der Waals surface area contributed by atoms with Crippen molar-refractivity contribution in [3.8, 4) is 0 Å². The Bertz CT molecular complexity index is 1160. The normalized spacial score (nSPS) is 12.6. The van der Waals surface area contributed by atoms with Crippen molar-refractivity contribution in [2.75, 3.05) is 13.1 Å². The maximum atomic E-state index is 4.42. The lowest BCUT2D eigenvalue weighted by molar-refractivity contribution is 0.392. The van der Waals surface area contributed by atoms with E-state index in [2.05, 4.69) is 47.5 Å². The molecule has 10 heteroatoms. The van der Waals surface area contributed by atoms with Gasteiger partial charge in [-0.2, -0.15) is 0 Å². The summed E-state index contributed by atoms with van der Waals surface area (Å²) >= 11 is 0.